The predicted octanol–water partition coefficient (Wildman–Crippen LogP) is 0.926. The van der Waals surface area contributed by atoms with Crippen molar-refractivity contribution < 1.29 is 8.42 Å². The van der Waals surface area contributed by atoms with Gasteiger partial charge in [-0.3, -0.25) is 10.00 Å². The first-order valence-electron chi connectivity index (χ1n) is 6.88. The molecule has 0 unspecified atom stereocenters. The fourth-order valence-corrected chi connectivity index (χ4v) is 4.80. The van der Waals surface area contributed by atoms with E-state index in [9.17, 15) is 8.42 Å². The Morgan fingerprint density at radius 1 is 1.30 bits per heavy atom. The maximum Gasteiger partial charge on any atom is 0.246 e. The minimum absolute atomic E-state index is 0.0982. The lowest BCUT2D eigenvalue weighted by molar-refractivity contribution is 0.180. The zero-order chi connectivity index (χ0) is 14.3. The van der Waals surface area contributed by atoms with Crippen LogP contribution >= 0.6 is 11.6 Å². The highest BCUT2D eigenvalue weighted by Gasteiger charge is 2.36. The molecule has 2 heterocycles. The molecule has 112 valence electrons. The van der Waals surface area contributed by atoms with Crippen LogP contribution in [0.25, 0.3) is 0 Å². The van der Waals surface area contributed by atoms with Crippen LogP contribution in [-0.4, -0.2) is 60.0 Å². The van der Waals surface area contributed by atoms with Gasteiger partial charge in [-0.1, -0.05) is 0 Å². The van der Waals surface area contributed by atoms with Crippen molar-refractivity contribution in [2.45, 2.75) is 36.6 Å². The van der Waals surface area contributed by atoms with Crippen molar-refractivity contribution in [3.8, 4) is 0 Å². The van der Waals surface area contributed by atoms with Crippen molar-refractivity contribution in [1.29, 1.82) is 0 Å². The van der Waals surface area contributed by atoms with Gasteiger partial charge in [0.25, 0.3) is 0 Å². The number of alkyl halides is 1. The number of aryl methyl sites for hydroxylation is 1. The number of nitrogens with zero attached hydrogens (tertiary/aromatic N) is 3. The van der Waals surface area contributed by atoms with Crippen LogP contribution in [0.2, 0.25) is 0 Å². The van der Waals surface area contributed by atoms with Gasteiger partial charge in [-0.15, -0.1) is 11.6 Å². The normalized spacial score (nSPS) is 22.3. The van der Waals surface area contributed by atoms with E-state index in [1.807, 2.05) is 0 Å². The maximum atomic E-state index is 12.7. The largest absolute Gasteiger partial charge is 0.298 e. The lowest BCUT2D eigenvalue weighted by Gasteiger charge is -2.34. The first kappa shape index (κ1) is 14.3. The highest BCUT2D eigenvalue weighted by molar-refractivity contribution is 7.89. The molecule has 2 aliphatic rings. The van der Waals surface area contributed by atoms with Crippen LogP contribution in [0.1, 0.15) is 24.2 Å². The van der Waals surface area contributed by atoms with Crippen molar-refractivity contribution in [1.82, 2.24) is 19.4 Å². The number of H-pyrrole nitrogens is 1. The molecule has 8 heteroatoms. The van der Waals surface area contributed by atoms with Crippen molar-refractivity contribution >= 4 is 21.6 Å². The molecule has 6 nitrogen and oxygen atoms in total. The van der Waals surface area contributed by atoms with Gasteiger partial charge in [0.1, 0.15) is 4.90 Å². The van der Waals surface area contributed by atoms with Crippen LogP contribution in [0.3, 0.4) is 0 Å². The summed E-state index contributed by atoms with van der Waals surface area (Å²) in [6.07, 6.45) is 2.51. The summed E-state index contributed by atoms with van der Waals surface area (Å²) >= 11 is 5.79. The summed E-state index contributed by atoms with van der Waals surface area (Å²) in [6.45, 7) is 4.45. The molecule has 0 aromatic carbocycles. The molecule has 2 fully saturated rings. The van der Waals surface area contributed by atoms with Gasteiger partial charge >= 0.3 is 0 Å². The second kappa shape index (κ2) is 5.29. The first-order chi connectivity index (χ1) is 9.54. The molecule has 1 aromatic heterocycles. The number of sulfonamides is 1. The van der Waals surface area contributed by atoms with Gasteiger partial charge in [0.2, 0.25) is 10.0 Å². The smallest absolute Gasteiger partial charge is 0.246 e. The van der Waals surface area contributed by atoms with Crippen LogP contribution in [0.4, 0.5) is 0 Å². The van der Waals surface area contributed by atoms with Gasteiger partial charge in [-0.25, -0.2) is 8.42 Å². The SMILES string of the molecule is Cc1[nH]nc(CCl)c1S(=O)(=O)N1CCN(C2CC2)CC1. The van der Waals surface area contributed by atoms with E-state index in [1.54, 1.807) is 11.2 Å². The standard InChI is InChI=1S/C12H19ClN4O2S/c1-9-12(11(8-13)15-14-9)20(18,19)17-6-4-16(5-7-17)10-2-3-10/h10H,2-8H2,1H3,(H,14,15). The summed E-state index contributed by atoms with van der Waals surface area (Å²) in [6, 6.07) is 0.689. The van der Waals surface area contributed by atoms with E-state index in [0.717, 1.165) is 13.1 Å². The second-order valence-corrected chi connectivity index (χ2v) is 7.57. The lowest BCUT2D eigenvalue weighted by atomic mass is 10.3. The Labute approximate surface area is 124 Å². The van der Waals surface area contributed by atoms with Gasteiger partial charge in [-0.05, 0) is 19.8 Å². The van der Waals surface area contributed by atoms with Crippen LogP contribution in [0, 0.1) is 6.92 Å². The molecule has 0 spiro atoms. The first-order valence-corrected chi connectivity index (χ1v) is 8.85. The second-order valence-electron chi connectivity index (χ2n) is 5.43. The molecule has 0 amide bonds. The Morgan fingerprint density at radius 3 is 2.50 bits per heavy atom. The summed E-state index contributed by atoms with van der Waals surface area (Å²) in [5.41, 5.74) is 0.971. The van der Waals surface area contributed by atoms with Crippen LogP contribution in [0.5, 0.6) is 0 Å². The number of hydrogen-bond donors (Lipinski definition) is 1. The minimum Gasteiger partial charge on any atom is -0.298 e. The Bertz CT molecular complexity index is 589. The Balaban J connectivity index is 1.79. The molecule has 0 bridgehead atoms. The van der Waals surface area contributed by atoms with Gasteiger partial charge in [-0.2, -0.15) is 9.40 Å². The van der Waals surface area contributed by atoms with Crippen molar-refractivity contribution in [3.63, 3.8) is 0 Å². The molecule has 3 rings (SSSR count). The molecule has 1 saturated heterocycles. The molecule has 1 aromatic rings. The topological polar surface area (TPSA) is 69.3 Å². The molecule has 0 radical (unpaired) electrons. The summed E-state index contributed by atoms with van der Waals surface area (Å²) in [5, 5.41) is 6.69. The molecular weight excluding hydrogens is 300 g/mol. The van der Waals surface area contributed by atoms with E-state index in [-0.39, 0.29) is 10.8 Å². The van der Waals surface area contributed by atoms with E-state index < -0.39 is 10.0 Å². The number of aromatic nitrogens is 2. The monoisotopic (exact) mass is 318 g/mol. The average molecular weight is 319 g/mol. The zero-order valence-corrected chi connectivity index (χ0v) is 13.0. The van der Waals surface area contributed by atoms with Gasteiger partial charge < -0.3 is 0 Å². The number of hydrogen-bond acceptors (Lipinski definition) is 4. The van der Waals surface area contributed by atoms with Gasteiger partial charge in [0, 0.05) is 32.2 Å². The molecule has 1 saturated carbocycles. The Kier molecular flexibility index (Phi) is 3.79. The fourth-order valence-electron chi connectivity index (χ4n) is 2.78. The third-order valence-electron chi connectivity index (χ3n) is 4.02. The Hall–Kier alpha value is -0.630. The molecule has 1 aliphatic carbocycles. The summed E-state index contributed by atoms with van der Waals surface area (Å²) in [7, 11) is -3.49. The Morgan fingerprint density at radius 2 is 1.95 bits per heavy atom. The summed E-state index contributed by atoms with van der Waals surface area (Å²) in [5.74, 6) is 0.0982. The third kappa shape index (κ3) is 2.47. The van der Waals surface area contributed by atoms with E-state index in [1.165, 1.54) is 12.8 Å². The minimum atomic E-state index is -3.49. The summed E-state index contributed by atoms with van der Waals surface area (Å²) < 4.78 is 27.0. The van der Waals surface area contributed by atoms with Crippen molar-refractivity contribution in [3.05, 3.63) is 11.4 Å². The maximum absolute atomic E-state index is 12.7. The third-order valence-corrected chi connectivity index (χ3v) is 6.38. The lowest BCUT2D eigenvalue weighted by Crippen LogP contribution is -2.49. The fraction of sp³-hybridized carbons (Fsp3) is 0.750. The molecule has 20 heavy (non-hydrogen) atoms. The molecule has 1 N–H and O–H groups in total. The van der Waals surface area contributed by atoms with Gasteiger partial charge in [0.05, 0.1) is 17.3 Å². The predicted molar refractivity (Wildman–Crippen MR) is 76.2 cm³/mol. The zero-order valence-electron chi connectivity index (χ0n) is 11.5. The van der Waals surface area contributed by atoms with E-state index in [0.29, 0.717) is 30.5 Å². The number of nitrogens with one attached hydrogen (secondary N) is 1. The number of rotatable bonds is 4. The highest BCUT2D eigenvalue weighted by Crippen LogP contribution is 2.29. The van der Waals surface area contributed by atoms with Crippen LogP contribution < -0.4 is 0 Å². The quantitative estimate of drug-likeness (QED) is 0.838. The molecule has 1 aliphatic heterocycles. The van der Waals surface area contributed by atoms with Crippen LogP contribution in [0.15, 0.2) is 4.90 Å². The number of aromatic amines is 1. The van der Waals surface area contributed by atoms with Crippen molar-refractivity contribution in [2.24, 2.45) is 0 Å². The van der Waals surface area contributed by atoms with Gasteiger partial charge in [0.15, 0.2) is 0 Å². The van der Waals surface area contributed by atoms with Crippen molar-refractivity contribution in [2.75, 3.05) is 26.2 Å². The van der Waals surface area contributed by atoms with E-state index in [2.05, 4.69) is 15.1 Å². The number of piperazine rings is 1. The average Bonchev–Trinajstić information content (AvgIpc) is 3.21. The van der Waals surface area contributed by atoms with Crippen LogP contribution in [-0.2, 0) is 15.9 Å². The number of halogens is 1. The highest BCUT2D eigenvalue weighted by atomic mass is 35.5. The molecular formula is C12H19ClN4O2S. The molecule has 0 atom stereocenters. The summed E-state index contributed by atoms with van der Waals surface area (Å²) in [4.78, 5) is 2.64. The van der Waals surface area contributed by atoms with E-state index in [4.69, 9.17) is 11.6 Å². The van der Waals surface area contributed by atoms with E-state index >= 15 is 0 Å².